The molecule has 0 aliphatic rings. The SMILES string of the molecule is C=C[C](C)c1cc(F)cc(F)c1F. The third kappa shape index (κ3) is 1.91. The zero-order valence-electron chi connectivity index (χ0n) is 7.07. The van der Waals surface area contributed by atoms with Crippen LogP contribution in [-0.4, -0.2) is 0 Å². The summed E-state index contributed by atoms with van der Waals surface area (Å²) in [4.78, 5) is 0. The molecular weight excluding hydrogens is 177 g/mol. The summed E-state index contributed by atoms with van der Waals surface area (Å²) in [5.74, 6) is -2.62. The molecule has 1 rings (SSSR count). The van der Waals surface area contributed by atoms with Crippen LogP contribution in [0.15, 0.2) is 24.8 Å². The number of allylic oxidation sites excluding steroid dienone is 1. The second-order valence-corrected chi connectivity index (χ2v) is 2.64. The number of hydrogen-bond donors (Lipinski definition) is 0. The lowest BCUT2D eigenvalue weighted by molar-refractivity contribution is 0.489. The van der Waals surface area contributed by atoms with Crippen molar-refractivity contribution in [2.45, 2.75) is 6.92 Å². The van der Waals surface area contributed by atoms with E-state index in [2.05, 4.69) is 6.58 Å². The lowest BCUT2D eigenvalue weighted by Gasteiger charge is -2.07. The van der Waals surface area contributed by atoms with Crippen LogP contribution in [0.2, 0.25) is 0 Å². The Balaban J connectivity index is 3.27. The molecule has 0 nitrogen and oxygen atoms in total. The molecule has 0 spiro atoms. The van der Waals surface area contributed by atoms with Crippen LogP contribution in [0.5, 0.6) is 0 Å². The summed E-state index contributed by atoms with van der Waals surface area (Å²) in [7, 11) is 0. The van der Waals surface area contributed by atoms with Crippen LogP contribution in [0.3, 0.4) is 0 Å². The molecular formula is C10H8F3. The lowest BCUT2D eigenvalue weighted by Crippen LogP contribution is -1.99. The van der Waals surface area contributed by atoms with Crippen LogP contribution in [0.4, 0.5) is 13.2 Å². The van der Waals surface area contributed by atoms with E-state index in [0.29, 0.717) is 12.0 Å². The quantitative estimate of drug-likeness (QED) is 0.620. The fraction of sp³-hybridized carbons (Fsp3) is 0.100. The van der Waals surface area contributed by atoms with E-state index in [1.54, 1.807) is 0 Å². The van der Waals surface area contributed by atoms with E-state index in [1.165, 1.54) is 13.0 Å². The van der Waals surface area contributed by atoms with Crippen molar-refractivity contribution in [1.82, 2.24) is 0 Å². The largest absolute Gasteiger partial charge is 0.207 e. The maximum atomic E-state index is 13.0. The monoisotopic (exact) mass is 185 g/mol. The molecule has 0 aromatic heterocycles. The molecule has 69 valence electrons. The highest BCUT2D eigenvalue weighted by molar-refractivity contribution is 5.37. The van der Waals surface area contributed by atoms with E-state index in [1.807, 2.05) is 0 Å². The summed E-state index contributed by atoms with van der Waals surface area (Å²) in [6.07, 6.45) is 1.34. The second-order valence-electron chi connectivity index (χ2n) is 2.64. The lowest BCUT2D eigenvalue weighted by atomic mass is 10.0. The van der Waals surface area contributed by atoms with Gasteiger partial charge in [0.15, 0.2) is 11.6 Å². The molecule has 0 heterocycles. The molecule has 1 radical (unpaired) electrons. The van der Waals surface area contributed by atoms with Gasteiger partial charge in [0.1, 0.15) is 5.82 Å². The summed E-state index contributed by atoms with van der Waals surface area (Å²) in [5, 5.41) is 0. The average molecular weight is 185 g/mol. The first-order chi connectivity index (χ1) is 6.06. The summed E-state index contributed by atoms with van der Waals surface area (Å²) < 4.78 is 38.3. The van der Waals surface area contributed by atoms with E-state index < -0.39 is 17.5 Å². The average Bonchev–Trinajstić information content (AvgIpc) is 2.10. The van der Waals surface area contributed by atoms with Crippen molar-refractivity contribution in [2.75, 3.05) is 0 Å². The maximum absolute atomic E-state index is 13.0. The first kappa shape index (κ1) is 9.84. The van der Waals surface area contributed by atoms with Crippen molar-refractivity contribution in [2.24, 2.45) is 0 Å². The van der Waals surface area contributed by atoms with Gasteiger partial charge in [-0.1, -0.05) is 13.0 Å². The van der Waals surface area contributed by atoms with Gasteiger partial charge in [-0.2, -0.15) is 0 Å². The number of hydrogen-bond acceptors (Lipinski definition) is 0. The Morgan fingerprint density at radius 3 is 2.46 bits per heavy atom. The van der Waals surface area contributed by atoms with E-state index in [4.69, 9.17) is 0 Å². The third-order valence-corrected chi connectivity index (χ3v) is 1.72. The van der Waals surface area contributed by atoms with Gasteiger partial charge in [-0.25, -0.2) is 13.2 Å². The van der Waals surface area contributed by atoms with Crippen LogP contribution in [0.1, 0.15) is 12.5 Å². The van der Waals surface area contributed by atoms with Crippen molar-refractivity contribution < 1.29 is 13.2 Å². The summed E-state index contributed by atoms with van der Waals surface area (Å²) in [5.41, 5.74) is -0.0903. The Labute approximate surface area is 74.7 Å². The van der Waals surface area contributed by atoms with Gasteiger partial charge in [-0.15, -0.1) is 6.58 Å². The van der Waals surface area contributed by atoms with E-state index in [9.17, 15) is 13.2 Å². The predicted octanol–water partition coefficient (Wildman–Crippen LogP) is 3.23. The summed E-state index contributed by atoms with van der Waals surface area (Å²) in [6.45, 7) is 4.92. The van der Waals surface area contributed by atoms with Crippen LogP contribution in [0.25, 0.3) is 0 Å². The smallest absolute Gasteiger partial charge is 0.163 e. The minimum Gasteiger partial charge on any atom is -0.207 e. The van der Waals surface area contributed by atoms with Crippen LogP contribution >= 0.6 is 0 Å². The zero-order valence-corrected chi connectivity index (χ0v) is 7.07. The Bertz CT molecular complexity index is 331. The fourth-order valence-electron chi connectivity index (χ4n) is 0.953. The van der Waals surface area contributed by atoms with Crippen LogP contribution < -0.4 is 0 Å². The van der Waals surface area contributed by atoms with Gasteiger partial charge in [0.05, 0.1) is 0 Å². The molecule has 1 aromatic rings. The van der Waals surface area contributed by atoms with Crippen molar-refractivity contribution in [3.8, 4) is 0 Å². The number of rotatable bonds is 2. The van der Waals surface area contributed by atoms with Crippen molar-refractivity contribution in [3.63, 3.8) is 0 Å². The van der Waals surface area contributed by atoms with Crippen molar-refractivity contribution >= 4 is 0 Å². The highest BCUT2D eigenvalue weighted by Gasteiger charge is 2.14. The Morgan fingerprint density at radius 2 is 1.92 bits per heavy atom. The highest BCUT2D eigenvalue weighted by Crippen LogP contribution is 2.22. The van der Waals surface area contributed by atoms with Gasteiger partial charge >= 0.3 is 0 Å². The van der Waals surface area contributed by atoms with Crippen molar-refractivity contribution in [1.29, 1.82) is 0 Å². The third-order valence-electron chi connectivity index (χ3n) is 1.72. The molecule has 0 saturated heterocycles. The molecule has 13 heavy (non-hydrogen) atoms. The fourth-order valence-corrected chi connectivity index (χ4v) is 0.953. The Hall–Kier alpha value is -1.25. The molecule has 0 N–H and O–H groups in total. The van der Waals surface area contributed by atoms with Crippen molar-refractivity contribution in [3.05, 3.63) is 53.7 Å². The van der Waals surface area contributed by atoms with Gasteiger partial charge in [-0.3, -0.25) is 0 Å². The first-order valence-electron chi connectivity index (χ1n) is 3.67. The first-order valence-corrected chi connectivity index (χ1v) is 3.67. The molecule has 0 aliphatic heterocycles. The molecule has 0 saturated carbocycles. The van der Waals surface area contributed by atoms with E-state index in [0.717, 1.165) is 6.07 Å². The predicted molar refractivity (Wildman–Crippen MR) is 44.5 cm³/mol. The molecule has 1 aromatic carbocycles. The topological polar surface area (TPSA) is 0 Å². The summed E-state index contributed by atoms with van der Waals surface area (Å²) in [6, 6.07) is 1.45. The Kier molecular flexibility index (Phi) is 2.76. The van der Waals surface area contributed by atoms with Gasteiger partial charge in [0.25, 0.3) is 0 Å². The van der Waals surface area contributed by atoms with Crippen LogP contribution in [0, 0.1) is 23.4 Å². The van der Waals surface area contributed by atoms with E-state index >= 15 is 0 Å². The molecule has 0 fully saturated rings. The maximum Gasteiger partial charge on any atom is 0.163 e. The molecule has 0 bridgehead atoms. The van der Waals surface area contributed by atoms with Gasteiger partial charge < -0.3 is 0 Å². The standard InChI is InChI=1S/C10H8F3/c1-3-6(2)8-4-7(11)5-9(12)10(8)13/h3-5H,1H2,2H3. The van der Waals surface area contributed by atoms with E-state index in [-0.39, 0.29) is 5.56 Å². The van der Waals surface area contributed by atoms with Gasteiger partial charge in [-0.05, 0) is 6.07 Å². The van der Waals surface area contributed by atoms with Crippen LogP contribution in [-0.2, 0) is 0 Å². The molecule has 0 aliphatic carbocycles. The minimum absolute atomic E-state index is 0.0903. The number of benzene rings is 1. The molecule has 0 amide bonds. The minimum atomic E-state index is -1.18. The summed E-state index contributed by atoms with van der Waals surface area (Å²) >= 11 is 0. The van der Waals surface area contributed by atoms with Gasteiger partial charge in [0.2, 0.25) is 0 Å². The molecule has 0 atom stereocenters. The Morgan fingerprint density at radius 1 is 1.31 bits per heavy atom. The molecule has 3 heteroatoms. The van der Waals surface area contributed by atoms with Gasteiger partial charge in [0, 0.05) is 17.5 Å². The zero-order chi connectivity index (χ0) is 10.0. The second kappa shape index (κ2) is 3.64. The highest BCUT2D eigenvalue weighted by atomic mass is 19.2. The number of halogens is 3. The molecule has 0 unspecified atom stereocenters. The normalized spacial score (nSPS) is 10.5.